The van der Waals surface area contributed by atoms with Crippen LogP contribution in [0, 0.1) is 6.92 Å². The molecule has 2 heterocycles. The van der Waals surface area contributed by atoms with Crippen LogP contribution in [-0.2, 0) is 9.84 Å². The van der Waals surface area contributed by atoms with E-state index in [1.54, 1.807) is 6.07 Å². The van der Waals surface area contributed by atoms with Crippen molar-refractivity contribution < 1.29 is 12.8 Å². The lowest BCUT2D eigenvalue weighted by Crippen LogP contribution is -2.07. The van der Waals surface area contributed by atoms with Crippen LogP contribution >= 0.6 is 0 Å². The largest absolute Gasteiger partial charge is 0.464 e. The molecule has 2 aromatic rings. The smallest absolute Gasteiger partial charge is 0.192 e. The van der Waals surface area contributed by atoms with Gasteiger partial charge in [-0.05, 0) is 38.1 Å². The molecule has 0 saturated carbocycles. The van der Waals surface area contributed by atoms with Gasteiger partial charge in [-0.2, -0.15) is 0 Å². The summed E-state index contributed by atoms with van der Waals surface area (Å²) in [5.41, 5.74) is 0.744. The van der Waals surface area contributed by atoms with E-state index in [4.69, 9.17) is 4.42 Å². The van der Waals surface area contributed by atoms with Gasteiger partial charge < -0.3 is 9.73 Å². The second kappa shape index (κ2) is 5.05. The highest BCUT2D eigenvalue weighted by atomic mass is 32.2. The van der Waals surface area contributed by atoms with E-state index in [0.29, 0.717) is 0 Å². The molecule has 0 saturated heterocycles. The second-order valence-electron chi connectivity index (χ2n) is 4.47. The monoisotopic (exact) mass is 280 g/mol. The highest BCUT2D eigenvalue weighted by molar-refractivity contribution is 7.90. The molecule has 19 heavy (non-hydrogen) atoms. The van der Waals surface area contributed by atoms with Gasteiger partial charge in [-0.1, -0.05) is 0 Å². The van der Waals surface area contributed by atoms with Crippen molar-refractivity contribution in [3.63, 3.8) is 0 Å². The van der Waals surface area contributed by atoms with Gasteiger partial charge in [-0.25, -0.2) is 13.4 Å². The molecule has 0 radical (unpaired) electrons. The summed E-state index contributed by atoms with van der Waals surface area (Å²) in [7, 11) is -3.25. The van der Waals surface area contributed by atoms with Crippen molar-refractivity contribution in [3.8, 4) is 0 Å². The molecule has 0 aliphatic heterocycles. The van der Waals surface area contributed by atoms with Crippen molar-refractivity contribution in [3.05, 3.63) is 42.0 Å². The first-order chi connectivity index (χ1) is 8.86. The number of nitrogens with one attached hydrogen (secondary N) is 1. The summed E-state index contributed by atoms with van der Waals surface area (Å²) in [5.74, 6) is 1.68. The van der Waals surface area contributed by atoms with Crippen molar-refractivity contribution in [1.82, 2.24) is 4.98 Å². The number of aryl methyl sites for hydroxylation is 1. The van der Waals surface area contributed by atoms with Crippen LogP contribution in [-0.4, -0.2) is 19.7 Å². The predicted octanol–water partition coefficient (Wildman–Crippen LogP) is 2.56. The number of pyridine rings is 1. The van der Waals surface area contributed by atoms with Crippen molar-refractivity contribution in [2.45, 2.75) is 24.9 Å². The number of sulfone groups is 1. The molecule has 0 fully saturated rings. The van der Waals surface area contributed by atoms with Gasteiger partial charge in [0.05, 0.1) is 17.9 Å². The molecule has 0 aromatic carbocycles. The van der Waals surface area contributed by atoms with E-state index in [-0.39, 0.29) is 11.1 Å². The van der Waals surface area contributed by atoms with Crippen LogP contribution in [0.1, 0.15) is 24.5 Å². The fourth-order valence-electron chi connectivity index (χ4n) is 1.69. The third-order valence-electron chi connectivity index (χ3n) is 2.69. The lowest BCUT2D eigenvalue weighted by atomic mass is 10.2. The maximum atomic E-state index is 11.3. The molecular formula is C13H16N2O3S. The molecule has 5 nitrogen and oxygen atoms in total. The summed E-state index contributed by atoms with van der Waals surface area (Å²) in [6.07, 6.45) is 2.64. The molecule has 6 heteroatoms. The maximum absolute atomic E-state index is 11.3. The van der Waals surface area contributed by atoms with Gasteiger partial charge >= 0.3 is 0 Å². The number of furan rings is 1. The summed E-state index contributed by atoms with van der Waals surface area (Å²) < 4.78 is 28.1. The van der Waals surface area contributed by atoms with Gasteiger partial charge in [0.2, 0.25) is 0 Å². The Kier molecular flexibility index (Phi) is 3.61. The SMILES string of the molecule is Cc1ccc(C(C)Nc2ccc(S(C)(=O)=O)nc2)o1. The lowest BCUT2D eigenvalue weighted by Gasteiger charge is -2.12. The van der Waals surface area contributed by atoms with E-state index in [1.165, 1.54) is 12.3 Å². The van der Waals surface area contributed by atoms with Crippen LogP contribution in [0.15, 0.2) is 39.9 Å². The number of hydrogen-bond donors (Lipinski definition) is 1. The number of anilines is 1. The first-order valence-corrected chi connectivity index (χ1v) is 7.74. The van der Waals surface area contributed by atoms with Gasteiger partial charge in [0.1, 0.15) is 11.5 Å². The number of aromatic nitrogens is 1. The molecule has 0 amide bonds. The molecule has 2 rings (SSSR count). The highest BCUT2D eigenvalue weighted by Gasteiger charge is 2.11. The van der Waals surface area contributed by atoms with Gasteiger partial charge in [-0.15, -0.1) is 0 Å². The summed E-state index contributed by atoms with van der Waals surface area (Å²) in [4.78, 5) is 3.92. The quantitative estimate of drug-likeness (QED) is 0.931. The Bertz CT molecular complexity index is 659. The third-order valence-corrected chi connectivity index (χ3v) is 3.69. The van der Waals surface area contributed by atoms with E-state index in [2.05, 4.69) is 10.3 Å². The van der Waals surface area contributed by atoms with E-state index in [9.17, 15) is 8.42 Å². The zero-order valence-corrected chi connectivity index (χ0v) is 11.9. The third kappa shape index (κ3) is 3.35. The minimum Gasteiger partial charge on any atom is -0.464 e. The fourth-order valence-corrected chi connectivity index (χ4v) is 2.25. The Labute approximate surface area is 112 Å². The van der Waals surface area contributed by atoms with Gasteiger partial charge in [0.15, 0.2) is 14.9 Å². The maximum Gasteiger partial charge on any atom is 0.192 e. The first kappa shape index (κ1) is 13.6. The van der Waals surface area contributed by atoms with E-state index >= 15 is 0 Å². The van der Waals surface area contributed by atoms with Crippen LogP contribution in [0.4, 0.5) is 5.69 Å². The lowest BCUT2D eigenvalue weighted by molar-refractivity contribution is 0.467. The van der Waals surface area contributed by atoms with Gasteiger partial charge in [0, 0.05) is 6.26 Å². The van der Waals surface area contributed by atoms with Crippen molar-refractivity contribution >= 4 is 15.5 Å². The van der Waals surface area contributed by atoms with Crippen molar-refractivity contribution in [2.75, 3.05) is 11.6 Å². The van der Waals surface area contributed by atoms with Crippen LogP contribution in [0.3, 0.4) is 0 Å². The molecule has 0 spiro atoms. The average molecular weight is 280 g/mol. The van der Waals surface area contributed by atoms with Crippen LogP contribution in [0.2, 0.25) is 0 Å². The minimum atomic E-state index is -3.25. The minimum absolute atomic E-state index is 0.0143. The number of nitrogens with zero attached hydrogens (tertiary/aromatic N) is 1. The fraction of sp³-hybridized carbons (Fsp3) is 0.308. The van der Waals surface area contributed by atoms with E-state index < -0.39 is 9.84 Å². The Balaban J connectivity index is 2.12. The van der Waals surface area contributed by atoms with E-state index in [1.807, 2.05) is 26.0 Å². The topological polar surface area (TPSA) is 72.2 Å². The van der Waals surface area contributed by atoms with E-state index in [0.717, 1.165) is 23.5 Å². The standard InChI is InChI=1S/C13H16N2O3S/c1-9-4-6-12(18-9)10(2)15-11-5-7-13(14-8-11)19(3,16)17/h4-8,10,15H,1-3H3. The average Bonchev–Trinajstić information content (AvgIpc) is 2.75. The molecule has 1 N–H and O–H groups in total. The van der Waals surface area contributed by atoms with Crippen LogP contribution in [0.25, 0.3) is 0 Å². The second-order valence-corrected chi connectivity index (χ2v) is 6.43. The normalized spacial score (nSPS) is 13.2. The predicted molar refractivity (Wildman–Crippen MR) is 72.8 cm³/mol. The number of rotatable bonds is 4. The molecule has 1 atom stereocenters. The summed E-state index contributed by atoms with van der Waals surface area (Å²) in [6.45, 7) is 3.85. The Morgan fingerprint density at radius 3 is 2.47 bits per heavy atom. The molecule has 102 valence electrons. The van der Waals surface area contributed by atoms with Crippen LogP contribution < -0.4 is 5.32 Å². The first-order valence-electron chi connectivity index (χ1n) is 5.85. The molecule has 1 unspecified atom stereocenters. The molecular weight excluding hydrogens is 264 g/mol. The zero-order chi connectivity index (χ0) is 14.0. The van der Waals surface area contributed by atoms with Crippen molar-refractivity contribution in [2.24, 2.45) is 0 Å². The van der Waals surface area contributed by atoms with Gasteiger partial charge in [-0.3, -0.25) is 0 Å². The Hall–Kier alpha value is -1.82. The Morgan fingerprint density at radius 1 is 1.26 bits per heavy atom. The van der Waals surface area contributed by atoms with Gasteiger partial charge in [0.25, 0.3) is 0 Å². The molecule has 2 aromatic heterocycles. The summed E-state index contributed by atoms with van der Waals surface area (Å²) in [6, 6.07) is 6.97. The summed E-state index contributed by atoms with van der Waals surface area (Å²) >= 11 is 0. The molecule has 0 aliphatic rings. The molecule has 0 bridgehead atoms. The molecule has 0 aliphatic carbocycles. The van der Waals surface area contributed by atoms with Crippen molar-refractivity contribution in [1.29, 1.82) is 0 Å². The zero-order valence-electron chi connectivity index (χ0n) is 11.0. The highest BCUT2D eigenvalue weighted by Crippen LogP contribution is 2.21. The van der Waals surface area contributed by atoms with Crippen LogP contribution in [0.5, 0.6) is 0 Å². The number of hydrogen-bond acceptors (Lipinski definition) is 5. The summed E-state index contributed by atoms with van der Waals surface area (Å²) in [5, 5.41) is 3.27. The Morgan fingerprint density at radius 2 is 2.00 bits per heavy atom.